The summed E-state index contributed by atoms with van der Waals surface area (Å²) in [5, 5.41) is 4.11. The van der Waals surface area contributed by atoms with Crippen molar-refractivity contribution in [1.82, 2.24) is 10.2 Å². The Morgan fingerprint density at radius 1 is 1.00 bits per heavy atom. The number of nitrogens with zero attached hydrogens (tertiary/aromatic N) is 1. The number of halogens is 2. The molecule has 1 atom stereocenters. The van der Waals surface area contributed by atoms with E-state index in [2.05, 4.69) is 43.4 Å². The molecule has 2 amide bonds. The first-order chi connectivity index (χ1) is 15.8. The van der Waals surface area contributed by atoms with Crippen molar-refractivity contribution >= 4 is 35.0 Å². The van der Waals surface area contributed by atoms with E-state index in [4.69, 9.17) is 23.2 Å². The summed E-state index contributed by atoms with van der Waals surface area (Å²) in [7, 11) is 0. The highest BCUT2D eigenvalue weighted by atomic mass is 35.5. The number of hydrogen-bond acceptors (Lipinski definition) is 2. The second-order valence-electron chi connectivity index (χ2n) is 9.28. The predicted molar refractivity (Wildman–Crippen MR) is 136 cm³/mol. The lowest BCUT2D eigenvalue weighted by Gasteiger charge is -2.30. The lowest BCUT2D eigenvalue weighted by molar-refractivity contribution is -0.140. The fourth-order valence-corrected chi connectivity index (χ4v) is 4.81. The molecule has 1 aliphatic carbocycles. The lowest BCUT2D eigenvalue weighted by Crippen LogP contribution is -2.49. The first-order valence-corrected chi connectivity index (χ1v) is 12.6. The van der Waals surface area contributed by atoms with Gasteiger partial charge in [0, 0.05) is 34.6 Å². The molecule has 0 bridgehead atoms. The molecule has 3 rings (SSSR count). The number of carbonyl (C=O) groups excluding carboxylic acids is 2. The number of amides is 2. The van der Waals surface area contributed by atoms with E-state index in [9.17, 15) is 9.59 Å². The molecular weight excluding hydrogens is 455 g/mol. The molecule has 1 aliphatic rings. The minimum atomic E-state index is -0.617. The van der Waals surface area contributed by atoms with Crippen LogP contribution in [0.1, 0.15) is 75.5 Å². The lowest BCUT2D eigenvalue weighted by atomic mass is 10.00. The maximum atomic E-state index is 13.4. The molecule has 0 unspecified atom stereocenters. The fraction of sp³-hybridized carbons (Fsp3) is 0.481. The van der Waals surface area contributed by atoms with Crippen molar-refractivity contribution in [3.05, 3.63) is 69.2 Å². The predicted octanol–water partition coefficient (Wildman–Crippen LogP) is 6.53. The zero-order valence-electron chi connectivity index (χ0n) is 19.7. The van der Waals surface area contributed by atoms with Crippen molar-refractivity contribution in [3.63, 3.8) is 0 Å². The van der Waals surface area contributed by atoms with E-state index < -0.39 is 6.04 Å². The Labute approximate surface area is 207 Å². The Balaban J connectivity index is 1.74. The summed E-state index contributed by atoms with van der Waals surface area (Å²) in [6.45, 7) is 6.30. The number of aryl methyl sites for hydroxylation is 1. The quantitative estimate of drug-likeness (QED) is 0.436. The summed E-state index contributed by atoms with van der Waals surface area (Å²) in [5.41, 5.74) is 3.04. The van der Waals surface area contributed by atoms with Gasteiger partial charge < -0.3 is 10.2 Å². The SMILES string of the molecule is CC(C)c1ccc(CCC(=O)N(Cc2c(Cl)cccc2Cl)[C@@H](C)C(=O)NC2CCCC2)cc1. The van der Waals surface area contributed by atoms with Crippen LogP contribution in [0.5, 0.6) is 0 Å². The Morgan fingerprint density at radius 2 is 1.61 bits per heavy atom. The number of carbonyl (C=O) groups is 2. The van der Waals surface area contributed by atoms with E-state index in [0.717, 1.165) is 31.2 Å². The van der Waals surface area contributed by atoms with Gasteiger partial charge >= 0.3 is 0 Å². The van der Waals surface area contributed by atoms with Crippen molar-refractivity contribution in [2.45, 2.75) is 83.8 Å². The molecule has 0 aromatic heterocycles. The minimum absolute atomic E-state index is 0.0898. The van der Waals surface area contributed by atoms with Crippen LogP contribution < -0.4 is 5.32 Å². The van der Waals surface area contributed by atoms with E-state index in [1.54, 1.807) is 30.0 Å². The van der Waals surface area contributed by atoms with E-state index in [0.29, 0.717) is 34.4 Å². The number of rotatable bonds is 9. The zero-order chi connectivity index (χ0) is 24.0. The molecule has 0 heterocycles. The van der Waals surface area contributed by atoms with E-state index >= 15 is 0 Å². The van der Waals surface area contributed by atoms with E-state index in [-0.39, 0.29) is 24.4 Å². The highest BCUT2D eigenvalue weighted by Gasteiger charge is 2.29. The monoisotopic (exact) mass is 488 g/mol. The third-order valence-corrected chi connectivity index (χ3v) is 7.24. The summed E-state index contributed by atoms with van der Waals surface area (Å²) < 4.78 is 0. The average molecular weight is 489 g/mol. The van der Waals surface area contributed by atoms with Crippen molar-refractivity contribution < 1.29 is 9.59 Å². The van der Waals surface area contributed by atoms with Gasteiger partial charge in [-0.25, -0.2) is 0 Å². The fourth-order valence-electron chi connectivity index (χ4n) is 4.29. The Kier molecular flexibility index (Phi) is 9.22. The zero-order valence-corrected chi connectivity index (χ0v) is 21.3. The van der Waals surface area contributed by atoms with Crippen LogP contribution in [0.3, 0.4) is 0 Å². The Morgan fingerprint density at radius 3 is 2.18 bits per heavy atom. The van der Waals surface area contributed by atoms with Crippen LogP contribution in [0.15, 0.2) is 42.5 Å². The topological polar surface area (TPSA) is 49.4 Å². The van der Waals surface area contributed by atoms with E-state index in [1.807, 2.05) is 0 Å². The molecule has 2 aromatic rings. The molecule has 2 aromatic carbocycles. The molecule has 0 aliphatic heterocycles. The van der Waals surface area contributed by atoms with Gasteiger partial charge in [0.05, 0.1) is 0 Å². The normalized spacial score (nSPS) is 15.0. The van der Waals surface area contributed by atoms with Gasteiger partial charge in [-0.2, -0.15) is 0 Å². The number of benzene rings is 2. The number of hydrogen-bond donors (Lipinski definition) is 1. The van der Waals surface area contributed by atoms with Crippen LogP contribution in [-0.4, -0.2) is 28.8 Å². The molecule has 1 fully saturated rings. The summed E-state index contributed by atoms with van der Waals surface area (Å²) in [4.78, 5) is 28.0. The summed E-state index contributed by atoms with van der Waals surface area (Å²) in [6.07, 6.45) is 5.18. The van der Waals surface area contributed by atoms with Crippen LogP contribution >= 0.6 is 23.2 Å². The average Bonchev–Trinajstić information content (AvgIpc) is 3.30. The second-order valence-corrected chi connectivity index (χ2v) is 10.1. The molecular formula is C27H34Cl2N2O2. The van der Waals surface area contributed by atoms with E-state index in [1.165, 1.54) is 5.56 Å². The van der Waals surface area contributed by atoms with Crippen LogP contribution in [0.2, 0.25) is 10.0 Å². The Bertz CT molecular complexity index is 933. The highest BCUT2D eigenvalue weighted by Crippen LogP contribution is 2.27. The first-order valence-electron chi connectivity index (χ1n) is 11.9. The number of nitrogens with one attached hydrogen (secondary N) is 1. The van der Waals surface area contributed by atoms with Gasteiger partial charge in [-0.3, -0.25) is 9.59 Å². The smallest absolute Gasteiger partial charge is 0.242 e. The van der Waals surface area contributed by atoms with Gasteiger partial charge in [-0.05, 0) is 55.4 Å². The van der Waals surface area contributed by atoms with Crippen LogP contribution in [0.4, 0.5) is 0 Å². The molecule has 33 heavy (non-hydrogen) atoms. The third kappa shape index (κ3) is 6.97. The van der Waals surface area contributed by atoms with Crippen LogP contribution in [0, 0.1) is 0 Å². The Hall–Kier alpha value is -2.04. The van der Waals surface area contributed by atoms with Gasteiger partial charge in [0.25, 0.3) is 0 Å². The highest BCUT2D eigenvalue weighted by molar-refractivity contribution is 6.36. The van der Waals surface area contributed by atoms with Crippen molar-refractivity contribution in [2.24, 2.45) is 0 Å². The van der Waals surface area contributed by atoms with Gasteiger partial charge in [0.2, 0.25) is 11.8 Å². The molecule has 0 saturated heterocycles. The van der Waals surface area contributed by atoms with Gasteiger partial charge in [-0.15, -0.1) is 0 Å². The standard InChI is InChI=1S/C27H34Cl2N2O2/c1-18(2)21-14-11-20(12-15-21)13-16-26(32)31(17-23-24(28)9-6-10-25(23)29)19(3)27(33)30-22-7-4-5-8-22/h6,9-12,14-15,18-19,22H,4-5,7-8,13,16-17H2,1-3H3,(H,30,33)/t19-/m0/s1. The molecule has 4 nitrogen and oxygen atoms in total. The maximum Gasteiger partial charge on any atom is 0.242 e. The van der Waals surface area contributed by atoms with Gasteiger partial charge in [-0.1, -0.05) is 80.2 Å². The molecule has 0 radical (unpaired) electrons. The molecule has 1 saturated carbocycles. The largest absolute Gasteiger partial charge is 0.352 e. The first kappa shape index (κ1) is 25.6. The molecule has 0 spiro atoms. The van der Waals surface area contributed by atoms with Crippen molar-refractivity contribution in [3.8, 4) is 0 Å². The van der Waals surface area contributed by atoms with Crippen LogP contribution in [0.25, 0.3) is 0 Å². The third-order valence-electron chi connectivity index (χ3n) is 6.53. The summed E-state index contributed by atoms with van der Waals surface area (Å²) in [5.74, 6) is 0.253. The maximum absolute atomic E-state index is 13.4. The second kappa shape index (κ2) is 11.9. The molecule has 6 heteroatoms. The molecule has 1 N–H and O–H groups in total. The minimum Gasteiger partial charge on any atom is -0.352 e. The van der Waals surface area contributed by atoms with Crippen molar-refractivity contribution in [1.29, 1.82) is 0 Å². The summed E-state index contributed by atoms with van der Waals surface area (Å²) >= 11 is 12.8. The van der Waals surface area contributed by atoms with Crippen LogP contribution in [-0.2, 0) is 22.6 Å². The van der Waals surface area contributed by atoms with Gasteiger partial charge in [0.1, 0.15) is 6.04 Å². The van der Waals surface area contributed by atoms with Crippen molar-refractivity contribution in [2.75, 3.05) is 0 Å². The molecule has 178 valence electrons. The van der Waals surface area contributed by atoms with Gasteiger partial charge in [0.15, 0.2) is 0 Å². The summed E-state index contributed by atoms with van der Waals surface area (Å²) in [6, 6.07) is 13.2.